The van der Waals surface area contributed by atoms with Gasteiger partial charge in [-0.1, -0.05) is 18.2 Å². The first-order chi connectivity index (χ1) is 12.2. The highest BCUT2D eigenvalue weighted by Gasteiger charge is 2.16. The van der Waals surface area contributed by atoms with E-state index in [1.807, 2.05) is 61.5 Å². The Bertz CT molecular complexity index is 845. The van der Waals surface area contributed by atoms with Crippen molar-refractivity contribution in [3.8, 4) is 17.0 Å². The van der Waals surface area contributed by atoms with Gasteiger partial charge in [-0.3, -0.25) is 4.79 Å². The Kier molecular flexibility index (Phi) is 5.30. The van der Waals surface area contributed by atoms with Crippen LogP contribution in [0.15, 0.2) is 54.6 Å². The smallest absolute Gasteiger partial charge is 0.308 e. The SMILES string of the molecule is CCOc1ccc(-c2nc(Nc3ccccc3)sc2CC(=O)O)cc1. The number of rotatable bonds is 7. The summed E-state index contributed by atoms with van der Waals surface area (Å²) < 4.78 is 5.45. The molecular weight excluding hydrogens is 336 g/mol. The number of nitrogens with zero attached hydrogens (tertiary/aromatic N) is 1. The van der Waals surface area contributed by atoms with Gasteiger partial charge in [0.2, 0.25) is 0 Å². The van der Waals surface area contributed by atoms with Crippen LogP contribution >= 0.6 is 11.3 Å². The van der Waals surface area contributed by atoms with Crippen molar-refractivity contribution in [2.45, 2.75) is 13.3 Å². The first kappa shape index (κ1) is 17.0. The first-order valence-corrected chi connectivity index (χ1v) is 8.74. The van der Waals surface area contributed by atoms with Gasteiger partial charge in [-0.05, 0) is 43.3 Å². The summed E-state index contributed by atoms with van der Waals surface area (Å²) in [6.07, 6.45) is -0.0588. The molecule has 0 fully saturated rings. The quantitative estimate of drug-likeness (QED) is 0.650. The number of aromatic nitrogens is 1. The summed E-state index contributed by atoms with van der Waals surface area (Å²) in [6.45, 7) is 2.53. The van der Waals surface area contributed by atoms with E-state index >= 15 is 0 Å². The largest absolute Gasteiger partial charge is 0.494 e. The Hall–Kier alpha value is -2.86. The minimum atomic E-state index is -0.873. The molecule has 0 aliphatic heterocycles. The maximum Gasteiger partial charge on any atom is 0.308 e. The predicted molar refractivity (Wildman–Crippen MR) is 99.8 cm³/mol. The lowest BCUT2D eigenvalue weighted by Crippen LogP contribution is -1.99. The second kappa shape index (κ2) is 7.81. The summed E-state index contributed by atoms with van der Waals surface area (Å²) >= 11 is 1.36. The fraction of sp³-hybridized carbons (Fsp3) is 0.158. The molecule has 5 nitrogen and oxygen atoms in total. The zero-order valence-corrected chi connectivity index (χ0v) is 14.5. The van der Waals surface area contributed by atoms with E-state index in [4.69, 9.17) is 4.74 Å². The van der Waals surface area contributed by atoms with Gasteiger partial charge in [0.25, 0.3) is 0 Å². The molecule has 0 aliphatic rings. The average molecular weight is 354 g/mol. The molecule has 0 saturated heterocycles. The van der Waals surface area contributed by atoms with Gasteiger partial charge in [-0.2, -0.15) is 0 Å². The maximum atomic E-state index is 11.2. The third-order valence-electron chi connectivity index (χ3n) is 3.47. The predicted octanol–water partition coefficient (Wildman–Crippen LogP) is 4.58. The molecule has 0 bridgehead atoms. The number of carboxylic acids is 1. The van der Waals surface area contributed by atoms with Gasteiger partial charge in [-0.25, -0.2) is 4.98 Å². The molecule has 0 atom stereocenters. The van der Waals surface area contributed by atoms with Gasteiger partial charge in [0.05, 0.1) is 18.7 Å². The van der Waals surface area contributed by atoms with Crippen LogP contribution in [0.5, 0.6) is 5.75 Å². The van der Waals surface area contributed by atoms with Crippen LogP contribution in [-0.2, 0) is 11.2 Å². The summed E-state index contributed by atoms with van der Waals surface area (Å²) in [6, 6.07) is 17.2. The van der Waals surface area contributed by atoms with E-state index in [0.29, 0.717) is 17.4 Å². The Labute approximate surface area is 149 Å². The Balaban J connectivity index is 1.91. The number of carboxylic acid groups (broad SMARTS) is 1. The van der Waals surface area contributed by atoms with Crippen molar-refractivity contribution >= 4 is 28.1 Å². The van der Waals surface area contributed by atoms with E-state index in [0.717, 1.165) is 21.9 Å². The fourth-order valence-electron chi connectivity index (χ4n) is 2.41. The molecule has 0 aliphatic carbocycles. The van der Waals surface area contributed by atoms with Crippen molar-refractivity contribution in [3.05, 3.63) is 59.5 Å². The normalized spacial score (nSPS) is 10.4. The van der Waals surface area contributed by atoms with E-state index in [9.17, 15) is 9.90 Å². The highest BCUT2D eigenvalue weighted by Crippen LogP contribution is 2.33. The van der Waals surface area contributed by atoms with Crippen LogP contribution in [0.4, 0.5) is 10.8 Å². The number of ether oxygens (including phenoxy) is 1. The molecular formula is C19H18N2O3S. The summed E-state index contributed by atoms with van der Waals surface area (Å²) in [5.74, 6) is -0.0917. The average Bonchev–Trinajstić information content (AvgIpc) is 2.98. The molecule has 0 unspecified atom stereocenters. The zero-order valence-electron chi connectivity index (χ0n) is 13.7. The number of hydrogen-bond donors (Lipinski definition) is 2. The van der Waals surface area contributed by atoms with Gasteiger partial charge in [0.1, 0.15) is 5.75 Å². The molecule has 2 aromatic carbocycles. The second-order valence-corrected chi connectivity index (χ2v) is 6.39. The van der Waals surface area contributed by atoms with E-state index < -0.39 is 5.97 Å². The lowest BCUT2D eigenvalue weighted by Gasteiger charge is -2.04. The van der Waals surface area contributed by atoms with Crippen LogP contribution in [0, 0.1) is 0 Å². The van der Waals surface area contributed by atoms with E-state index in [1.165, 1.54) is 11.3 Å². The van der Waals surface area contributed by atoms with Gasteiger partial charge in [-0.15, -0.1) is 11.3 Å². The van der Waals surface area contributed by atoms with E-state index in [-0.39, 0.29) is 6.42 Å². The van der Waals surface area contributed by atoms with Crippen molar-refractivity contribution in [2.75, 3.05) is 11.9 Å². The summed E-state index contributed by atoms with van der Waals surface area (Å²) in [7, 11) is 0. The molecule has 3 rings (SSSR count). The number of aliphatic carboxylic acids is 1. The van der Waals surface area contributed by atoms with Crippen molar-refractivity contribution in [1.82, 2.24) is 4.98 Å². The van der Waals surface area contributed by atoms with Crippen LogP contribution in [0.2, 0.25) is 0 Å². The minimum Gasteiger partial charge on any atom is -0.494 e. The maximum absolute atomic E-state index is 11.2. The summed E-state index contributed by atoms with van der Waals surface area (Å²) in [4.78, 5) is 16.5. The van der Waals surface area contributed by atoms with Crippen LogP contribution < -0.4 is 10.1 Å². The minimum absolute atomic E-state index is 0.0588. The van der Waals surface area contributed by atoms with Gasteiger partial charge < -0.3 is 15.2 Å². The van der Waals surface area contributed by atoms with Gasteiger partial charge in [0, 0.05) is 16.1 Å². The third kappa shape index (κ3) is 4.36. The molecule has 3 aromatic rings. The molecule has 0 amide bonds. The van der Waals surface area contributed by atoms with Crippen LogP contribution in [0.25, 0.3) is 11.3 Å². The lowest BCUT2D eigenvalue weighted by molar-refractivity contribution is -0.136. The molecule has 2 N–H and O–H groups in total. The second-order valence-electron chi connectivity index (χ2n) is 5.31. The lowest BCUT2D eigenvalue weighted by atomic mass is 10.1. The zero-order chi connectivity index (χ0) is 17.6. The van der Waals surface area contributed by atoms with Gasteiger partial charge >= 0.3 is 5.97 Å². The fourth-order valence-corrected chi connectivity index (χ4v) is 3.40. The standard InChI is InChI=1S/C19H18N2O3S/c1-2-24-15-10-8-13(9-11-15)18-16(12-17(22)23)25-19(21-18)20-14-6-4-3-5-7-14/h3-11H,2,12H2,1H3,(H,20,21)(H,22,23). The summed E-state index contributed by atoms with van der Waals surface area (Å²) in [5.41, 5.74) is 2.47. The molecule has 25 heavy (non-hydrogen) atoms. The molecule has 0 radical (unpaired) electrons. The number of para-hydroxylation sites is 1. The topological polar surface area (TPSA) is 71.5 Å². The van der Waals surface area contributed by atoms with Crippen LogP contribution in [0.1, 0.15) is 11.8 Å². The van der Waals surface area contributed by atoms with Crippen LogP contribution in [0.3, 0.4) is 0 Å². The Morgan fingerprint density at radius 2 is 1.88 bits per heavy atom. The Morgan fingerprint density at radius 3 is 2.52 bits per heavy atom. The third-order valence-corrected chi connectivity index (χ3v) is 4.44. The van der Waals surface area contributed by atoms with Crippen molar-refractivity contribution in [1.29, 1.82) is 0 Å². The number of carbonyl (C=O) groups is 1. The van der Waals surface area contributed by atoms with E-state index in [2.05, 4.69) is 10.3 Å². The highest BCUT2D eigenvalue weighted by atomic mass is 32.1. The molecule has 128 valence electrons. The van der Waals surface area contributed by atoms with Crippen molar-refractivity contribution < 1.29 is 14.6 Å². The monoisotopic (exact) mass is 354 g/mol. The molecule has 1 aromatic heterocycles. The van der Waals surface area contributed by atoms with Gasteiger partial charge in [0.15, 0.2) is 5.13 Å². The molecule has 0 spiro atoms. The van der Waals surface area contributed by atoms with Crippen molar-refractivity contribution in [3.63, 3.8) is 0 Å². The number of anilines is 2. The number of hydrogen-bond acceptors (Lipinski definition) is 5. The number of benzene rings is 2. The summed E-state index contributed by atoms with van der Waals surface area (Å²) in [5, 5.41) is 13.1. The highest BCUT2D eigenvalue weighted by molar-refractivity contribution is 7.16. The number of thiazole rings is 1. The Morgan fingerprint density at radius 1 is 1.16 bits per heavy atom. The van der Waals surface area contributed by atoms with E-state index in [1.54, 1.807) is 0 Å². The molecule has 1 heterocycles. The van der Waals surface area contributed by atoms with Crippen LogP contribution in [-0.4, -0.2) is 22.7 Å². The molecule has 0 saturated carbocycles. The first-order valence-electron chi connectivity index (χ1n) is 7.92. The number of nitrogens with one attached hydrogen (secondary N) is 1. The molecule has 6 heteroatoms. The van der Waals surface area contributed by atoms with Crippen molar-refractivity contribution in [2.24, 2.45) is 0 Å².